The van der Waals surface area contributed by atoms with Crippen LogP contribution in [0, 0.1) is 5.92 Å². The Kier molecular flexibility index (Phi) is 6.68. The predicted molar refractivity (Wildman–Crippen MR) is 109 cm³/mol. The van der Waals surface area contributed by atoms with Gasteiger partial charge >= 0.3 is 0 Å². The van der Waals surface area contributed by atoms with Crippen LogP contribution in [0.3, 0.4) is 0 Å². The molecule has 27 heavy (non-hydrogen) atoms. The van der Waals surface area contributed by atoms with E-state index in [1.165, 1.54) is 34.0 Å². The Hall–Kier alpha value is -1.70. The second-order valence-corrected chi connectivity index (χ2v) is 10.0. The second-order valence-electron chi connectivity index (χ2n) is 6.90. The molecule has 2 aromatic rings. The van der Waals surface area contributed by atoms with Crippen LogP contribution in [0.5, 0.6) is 0 Å². The molecule has 3 rings (SSSR count). The minimum atomic E-state index is -3.42. The lowest BCUT2D eigenvalue weighted by Gasteiger charge is -2.30. The number of sulfonamides is 1. The lowest BCUT2D eigenvalue weighted by atomic mass is 9.97. The van der Waals surface area contributed by atoms with Gasteiger partial charge in [-0.1, -0.05) is 31.5 Å². The number of hydrogen-bond acceptors (Lipinski definition) is 4. The van der Waals surface area contributed by atoms with Crippen molar-refractivity contribution >= 4 is 33.0 Å². The number of hydrogen-bond donors (Lipinski definition) is 1. The van der Waals surface area contributed by atoms with Crippen LogP contribution in [0.1, 0.15) is 38.2 Å². The number of carbonyl (C=O) groups excluding carboxylic acids is 1. The first kappa shape index (κ1) is 20.0. The molecule has 1 aliphatic heterocycles. The summed E-state index contributed by atoms with van der Waals surface area (Å²) in [5.41, 5.74) is 2.08. The largest absolute Gasteiger partial charge is 0.326 e. The molecular formula is C20H26N2O3S2. The van der Waals surface area contributed by atoms with Crippen LogP contribution in [0.4, 0.5) is 5.69 Å². The SMILES string of the molecule is CCCCc1ccc(NC(=O)C2CCN(S(=O)(=O)c3cccs3)CC2)cc1. The van der Waals surface area contributed by atoms with E-state index in [-0.39, 0.29) is 11.8 Å². The molecule has 5 nitrogen and oxygen atoms in total. The molecule has 1 aromatic carbocycles. The predicted octanol–water partition coefficient (Wildman–Crippen LogP) is 4.13. The van der Waals surface area contributed by atoms with Crippen molar-refractivity contribution in [1.82, 2.24) is 4.31 Å². The third-order valence-corrected chi connectivity index (χ3v) is 8.23. The average molecular weight is 407 g/mol. The number of nitrogens with one attached hydrogen (secondary N) is 1. The highest BCUT2D eigenvalue weighted by Crippen LogP contribution is 2.27. The zero-order valence-corrected chi connectivity index (χ0v) is 17.2. The van der Waals surface area contributed by atoms with Crippen molar-refractivity contribution < 1.29 is 13.2 Å². The molecule has 1 amide bonds. The standard InChI is InChI=1S/C20H26N2O3S2/c1-2-3-5-16-7-9-18(10-8-16)21-20(23)17-11-13-22(14-12-17)27(24,25)19-6-4-15-26-19/h4,6-10,15,17H,2-3,5,11-14H2,1H3,(H,21,23). The highest BCUT2D eigenvalue weighted by Gasteiger charge is 2.32. The van der Waals surface area contributed by atoms with Gasteiger partial charge in [0.2, 0.25) is 5.91 Å². The maximum Gasteiger partial charge on any atom is 0.252 e. The fourth-order valence-electron chi connectivity index (χ4n) is 3.28. The van der Waals surface area contributed by atoms with Crippen molar-refractivity contribution in [3.05, 3.63) is 47.3 Å². The summed E-state index contributed by atoms with van der Waals surface area (Å²) in [4.78, 5) is 12.5. The van der Waals surface area contributed by atoms with Gasteiger partial charge < -0.3 is 5.32 Å². The quantitative estimate of drug-likeness (QED) is 0.752. The molecule has 0 unspecified atom stereocenters. The highest BCUT2D eigenvalue weighted by atomic mass is 32.2. The lowest BCUT2D eigenvalue weighted by Crippen LogP contribution is -2.41. The van der Waals surface area contributed by atoms with Crippen LogP contribution >= 0.6 is 11.3 Å². The zero-order chi connectivity index (χ0) is 19.3. The Morgan fingerprint density at radius 3 is 2.48 bits per heavy atom. The summed E-state index contributed by atoms with van der Waals surface area (Å²) < 4.78 is 27.0. The number of unbranched alkanes of at least 4 members (excludes halogenated alkanes) is 1. The minimum Gasteiger partial charge on any atom is -0.326 e. The molecular weight excluding hydrogens is 380 g/mol. The number of amides is 1. The van der Waals surface area contributed by atoms with Crippen molar-refractivity contribution in [2.75, 3.05) is 18.4 Å². The number of aryl methyl sites for hydroxylation is 1. The third kappa shape index (κ3) is 4.97. The van der Waals surface area contributed by atoms with Crippen molar-refractivity contribution in [2.24, 2.45) is 5.92 Å². The van der Waals surface area contributed by atoms with Gasteiger partial charge in [0.1, 0.15) is 4.21 Å². The molecule has 1 aromatic heterocycles. The Balaban J connectivity index is 1.53. The van der Waals surface area contributed by atoms with Gasteiger partial charge in [0.25, 0.3) is 10.0 Å². The van der Waals surface area contributed by atoms with E-state index >= 15 is 0 Å². The van der Waals surface area contributed by atoms with Gasteiger partial charge in [-0.05, 0) is 54.8 Å². The number of nitrogens with zero attached hydrogens (tertiary/aromatic N) is 1. The molecule has 0 radical (unpaired) electrons. The molecule has 1 saturated heterocycles. The van der Waals surface area contributed by atoms with Crippen molar-refractivity contribution in [3.63, 3.8) is 0 Å². The van der Waals surface area contributed by atoms with Crippen molar-refractivity contribution in [3.8, 4) is 0 Å². The van der Waals surface area contributed by atoms with Gasteiger partial charge in [-0.25, -0.2) is 8.42 Å². The van der Waals surface area contributed by atoms with E-state index in [0.717, 1.165) is 12.1 Å². The summed E-state index contributed by atoms with van der Waals surface area (Å²) in [6, 6.07) is 11.4. The molecule has 2 heterocycles. The number of rotatable bonds is 7. The van der Waals surface area contributed by atoms with E-state index < -0.39 is 10.0 Å². The molecule has 1 fully saturated rings. The van der Waals surface area contributed by atoms with E-state index in [0.29, 0.717) is 30.1 Å². The summed E-state index contributed by atoms with van der Waals surface area (Å²) in [7, 11) is -3.42. The molecule has 1 N–H and O–H groups in total. The van der Waals surface area contributed by atoms with E-state index in [1.807, 2.05) is 12.1 Å². The number of benzene rings is 1. The minimum absolute atomic E-state index is 0.0236. The van der Waals surface area contributed by atoms with Gasteiger partial charge in [-0.15, -0.1) is 11.3 Å². The van der Waals surface area contributed by atoms with Crippen LogP contribution in [0.15, 0.2) is 46.0 Å². The fraction of sp³-hybridized carbons (Fsp3) is 0.450. The first-order valence-electron chi connectivity index (χ1n) is 9.44. The molecule has 0 spiro atoms. The lowest BCUT2D eigenvalue weighted by molar-refractivity contribution is -0.120. The van der Waals surface area contributed by atoms with Crippen LogP contribution < -0.4 is 5.32 Å². The zero-order valence-electron chi connectivity index (χ0n) is 15.6. The van der Waals surface area contributed by atoms with Crippen LogP contribution in [0.2, 0.25) is 0 Å². The van der Waals surface area contributed by atoms with Gasteiger partial charge in [0.05, 0.1) is 0 Å². The van der Waals surface area contributed by atoms with E-state index in [2.05, 4.69) is 24.4 Å². The van der Waals surface area contributed by atoms with Gasteiger partial charge in [0.15, 0.2) is 0 Å². The number of thiophene rings is 1. The maximum absolute atomic E-state index is 12.6. The van der Waals surface area contributed by atoms with Gasteiger partial charge in [0, 0.05) is 24.7 Å². The van der Waals surface area contributed by atoms with Crippen molar-refractivity contribution in [1.29, 1.82) is 0 Å². The fourth-order valence-corrected chi connectivity index (χ4v) is 5.89. The van der Waals surface area contributed by atoms with E-state index in [9.17, 15) is 13.2 Å². The second kappa shape index (κ2) is 8.99. The smallest absolute Gasteiger partial charge is 0.252 e. The summed E-state index contributed by atoms with van der Waals surface area (Å²) in [5, 5.41) is 4.74. The number of anilines is 1. The summed E-state index contributed by atoms with van der Waals surface area (Å²) >= 11 is 1.23. The summed E-state index contributed by atoms with van der Waals surface area (Å²) in [6.45, 7) is 2.94. The molecule has 0 aliphatic carbocycles. The topological polar surface area (TPSA) is 66.5 Å². The number of piperidine rings is 1. The number of carbonyl (C=O) groups is 1. The van der Waals surface area contributed by atoms with E-state index in [1.54, 1.807) is 17.5 Å². The summed E-state index contributed by atoms with van der Waals surface area (Å²) in [6.07, 6.45) is 4.48. The molecule has 1 aliphatic rings. The highest BCUT2D eigenvalue weighted by molar-refractivity contribution is 7.91. The van der Waals surface area contributed by atoms with Crippen LogP contribution in [-0.2, 0) is 21.2 Å². The average Bonchev–Trinajstić information content (AvgIpc) is 3.23. The maximum atomic E-state index is 12.6. The third-order valence-electron chi connectivity index (χ3n) is 4.95. The first-order valence-corrected chi connectivity index (χ1v) is 11.8. The molecule has 0 bridgehead atoms. The van der Waals surface area contributed by atoms with Gasteiger partial charge in [-0.2, -0.15) is 4.31 Å². The van der Waals surface area contributed by atoms with Crippen LogP contribution in [-0.4, -0.2) is 31.7 Å². The molecule has 0 atom stereocenters. The molecule has 0 saturated carbocycles. The van der Waals surface area contributed by atoms with Crippen LogP contribution in [0.25, 0.3) is 0 Å². The van der Waals surface area contributed by atoms with Crippen molar-refractivity contribution in [2.45, 2.75) is 43.2 Å². The van der Waals surface area contributed by atoms with Gasteiger partial charge in [-0.3, -0.25) is 4.79 Å². The monoisotopic (exact) mass is 406 g/mol. The Morgan fingerprint density at radius 1 is 1.19 bits per heavy atom. The van der Waals surface area contributed by atoms with E-state index in [4.69, 9.17) is 0 Å². The Labute approximate surface area is 165 Å². The molecule has 7 heteroatoms. The molecule has 146 valence electrons. The normalized spacial score (nSPS) is 16.3. The Bertz CT molecular complexity index is 838. The Morgan fingerprint density at radius 2 is 1.89 bits per heavy atom. The summed E-state index contributed by atoms with van der Waals surface area (Å²) in [5.74, 6) is -0.177. The first-order chi connectivity index (χ1) is 13.0.